The molecule has 1 amide bonds. The van der Waals surface area contributed by atoms with Crippen LogP contribution in [0.5, 0.6) is 17.2 Å². The number of benzene rings is 1. The summed E-state index contributed by atoms with van der Waals surface area (Å²) in [6, 6.07) is 7.13. The quantitative estimate of drug-likeness (QED) is 0.132. The zero-order valence-corrected chi connectivity index (χ0v) is 35.2. The molecule has 11 nitrogen and oxygen atoms in total. The number of hydrogen-bond donors (Lipinski definition) is 1. The first kappa shape index (κ1) is 40.8. The number of ether oxygens (including phenoxy) is 3. The fourth-order valence-corrected chi connectivity index (χ4v) is 8.17. The van der Waals surface area contributed by atoms with Crippen molar-refractivity contribution in [1.29, 1.82) is 0 Å². The van der Waals surface area contributed by atoms with Crippen LogP contribution in [0.1, 0.15) is 70.3 Å². The molecule has 3 radical (unpaired) electrons. The van der Waals surface area contributed by atoms with Gasteiger partial charge in [0.1, 0.15) is 17.9 Å². The summed E-state index contributed by atoms with van der Waals surface area (Å²) in [6.45, 7) is 14.9. The Bertz CT molecular complexity index is 1530. The molecule has 1 atom stereocenters. The van der Waals surface area contributed by atoms with Gasteiger partial charge in [0, 0.05) is 6.04 Å². The molecular weight excluding hydrogens is 845 g/mol. The Hall–Kier alpha value is -2.95. The Morgan fingerprint density at radius 3 is 2.55 bits per heavy atom. The van der Waals surface area contributed by atoms with Crippen molar-refractivity contribution in [2.45, 2.75) is 78.5 Å². The van der Waals surface area contributed by atoms with Crippen LogP contribution in [0.25, 0.3) is 0 Å². The van der Waals surface area contributed by atoms with E-state index in [1.54, 1.807) is 18.6 Å². The molecule has 3 aliphatic rings. The molecule has 1 N–H and O–H groups in total. The Balaban J connectivity index is 0.000000662. The predicted octanol–water partition coefficient (Wildman–Crippen LogP) is 5.18. The number of amides is 1. The SMILES string of the molecule is CC.CC(C)NC=O.CCc1cc(F)ccc1Oc1cncnc1N1CC2(CC(Oc3ccnc4c3C(COCCN(C)C)N([CH2][Pb])CC4)C2)C1. The molecule has 2 aliphatic heterocycles. The Morgan fingerprint density at radius 2 is 1.90 bits per heavy atom. The van der Waals surface area contributed by atoms with E-state index in [4.69, 9.17) is 19.2 Å². The third-order valence-corrected chi connectivity index (χ3v) is 10.8. The number of aromatic nitrogens is 3. The number of nitrogens with zero attached hydrogens (tertiary/aromatic N) is 6. The molecule has 277 valence electrons. The van der Waals surface area contributed by atoms with Crippen molar-refractivity contribution in [1.82, 2.24) is 30.1 Å². The number of rotatable bonds is 14. The van der Waals surface area contributed by atoms with E-state index in [1.165, 1.54) is 17.7 Å². The van der Waals surface area contributed by atoms with Crippen molar-refractivity contribution in [3.63, 3.8) is 0 Å². The molecule has 1 saturated carbocycles. The van der Waals surface area contributed by atoms with Gasteiger partial charge in [-0.15, -0.1) is 0 Å². The average Bonchev–Trinajstić information content (AvgIpc) is 3.09. The predicted molar refractivity (Wildman–Crippen MR) is 199 cm³/mol. The van der Waals surface area contributed by atoms with Crippen molar-refractivity contribution < 1.29 is 23.4 Å². The molecule has 13 heteroatoms. The molecule has 51 heavy (non-hydrogen) atoms. The third-order valence-electron chi connectivity index (χ3n) is 9.25. The van der Waals surface area contributed by atoms with Gasteiger partial charge in [0.2, 0.25) is 6.41 Å². The summed E-state index contributed by atoms with van der Waals surface area (Å²) in [5.74, 6) is 2.72. The summed E-state index contributed by atoms with van der Waals surface area (Å²) in [5, 5.41) is 2.53. The van der Waals surface area contributed by atoms with Crippen molar-refractivity contribution in [2.75, 3.05) is 62.5 Å². The number of carbonyl (C=O) groups excluding carboxylic acids is 1. The van der Waals surface area contributed by atoms with Gasteiger partial charge in [-0.25, -0.2) is 14.4 Å². The summed E-state index contributed by atoms with van der Waals surface area (Å²) >= 11 is 1.12. The summed E-state index contributed by atoms with van der Waals surface area (Å²) < 4.78 is 33.9. The second-order valence-electron chi connectivity index (χ2n) is 13.6. The average molecular weight is 900 g/mol. The fourth-order valence-electron chi connectivity index (χ4n) is 6.70. The normalized spacial score (nSPS) is 17.7. The Morgan fingerprint density at radius 1 is 1.14 bits per heavy atom. The maximum absolute atomic E-state index is 13.8. The minimum atomic E-state index is -0.263. The van der Waals surface area contributed by atoms with Gasteiger partial charge in [-0.2, -0.15) is 0 Å². The molecule has 4 heterocycles. The first-order valence-electron chi connectivity index (χ1n) is 18.1. The number of likely N-dealkylation sites (N-methyl/N-ethyl adjacent to an activating group) is 1. The van der Waals surface area contributed by atoms with Crippen LogP contribution < -0.4 is 19.7 Å². The van der Waals surface area contributed by atoms with E-state index in [1.807, 2.05) is 46.9 Å². The van der Waals surface area contributed by atoms with Crippen molar-refractivity contribution >= 4 is 38.0 Å². The molecule has 1 saturated heterocycles. The molecule has 1 aromatic carbocycles. The van der Waals surface area contributed by atoms with Crippen LogP contribution in [0.2, 0.25) is 0 Å². The molecule has 1 aliphatic carbocycles. The molecule has 0 bridgehead atoms. The zero-order valence-electron chi connectivity index (χ0n) is 31.3. The summed E-state index contributed by atoms with van der Waals surface area (Å²) in [7, 11) is 4.14. The van der Waals surface area contributed by atoms with Crippen LogP contribution in [0.15, 0.2) is 43.0 Å². The van der Waals surface area contributed by atoms with Gasteiger partial charge >= 0.3 is 184 Å². The molecule has 1 spiro atoms. The van der Waals surface area contributed by atoms with Crippen molar-refractivity contribution in [3.8, 4) is 17.2 Å². The second-order valence-corrected chi connectivity index (χ2v) is 14.9. The number of anilines is 1. The third kappa shape index (κ3) is 10.8. The van der Waals surface area contributed by atoms with Crippen LogP contribution in [-0.2, 0) is 22.4 Å². The second kappa shape index (κ2) is 19.8. The molecule has 6 rings (SSSR count). The Labute approximate surface area is 319 Å². The van der Waals surface area contributed by atoms with Crippen LogP contribution in [0.4, 0.5) is 10.2 Å². The number of carbonyl (C=O) groups is 1. The number of halogens is 1. The van der Waals surface area contributed by atoms with Crippen LogP contribution in [0, 0.1) is 11.2 Å². The van der Waals surface area contributed by atoms with Crippen molar-refractivity contribution in [2.24, 2.45) is 5.41 Å². The molecule has 3 aromatic rings. The number of aryl methyl sites for hydroxylation is 1. The van der Waals surface area contributed by atoms with E-state index in [0.717, 1.165) is 98.1 Å². The van der Waals surface area contributed by atoms with Gasteiger partial charge in [-0.1, -0.05) is 20.8 Å². The van der Waals surface area contributed by atoms with Gasteiger partial charge in [0.05, 0.1) is 6.20 Å². The number of pyridine rings is 1. The Kier molecular flexibility index (Phi) is 15.8. The molecular formula is C38H55FN7O4Pb. The summed E-state index contributed by atoms with van der Waals surface area (Å²) in [5.41, 5.74) is 3.41. The van der Waals surface area contributed by atoms with Gasteiger partial charge in [-0.3, -0.25) is 4.79 Å². The van der Waals surface area contributed by atoms with E-state index >= 15 is 0 Å². The van der Waals surface area contributed by atoms with E-state index in [-0.39, 0.29) is 29.4 Å². The van der Waals surface area contributed by atoms with E-state index < -0.39 is 0 Å². The zero-order chi connectivity index (χ0) is 37.0. The minimum absolute atomic E-state index is 0.183. The van der Waals surface area contributed by atoms with Gasteiger partial charge in [0.25, 0.3) is 0 Å². The van der Waals surface area contributed by atoms with Crippen molar-refractivity contribution in [3.05, 3.63) is 65.6 Å². The van der Waals surface area contributed by atoms with E-state index in [2.05, 4.69) is 44.1 Å². The number of nitrogens with one attached hydrogen (secondary N) is 1. The molecule has 2 aromatic heterocycles. The van der Waals surface area contributed by atoms with Gasteiger partial charge < -0.3 is 10.1 Å². The number of fused-ring (bicyclic) bond motifs is 1. The standard InChI is InChI=1S/C32H40FN6O3.C4H9NO.C2H6.Pb/c1-5-22-14-23(33)6-7-27(22)42-29-17-34-21-36-31(29)39-19-32(20-39)15-24(16-32)41-28-8-10-35-25-9-11-38(4)26(30(25)28)18-40-13-12-37(2)3;1-4(2)5-3-6;1-2;/h6-8,10,14,17,21,24,26H,4-5,9,11-13,15-16,18-20H2,1-3H3;3-4H,1-2H3,(H,5,6);1-2H3;. The molecule has 1 unspecified atom stereocenters. The van der Waals surface area contributed by atoms with Crippen LogP contribution in [0.3, 0.4) is 0 Å². The summed E-state index contributed by atoms with van der Waals surface area (Å²) in [4.78, 5) is 29.9. The van der Waals surface area contributed by atoms with E-state index in [9.17, 15) is 9.18 Å². The van der Waals surface area contributed by atoms with Gasteiger partial charge in [-0.05, 0) is 44.0 Å². The topological polar surface area (TPSA) is 105 Å². The monoisotopic (exact) mass is 900 g/mol. The fraction of sp³-hybridized carbons (Fsp3) is 0.579. The maximum atomic E-state index is 13.8. The first-order chi connectivity index (χ1) is 24.6. The van der Waals surface area contributed by atoms with Gasteiger partial charge in [0.15, 0.2) is 5.75 Å². The van der Waals surface area contributed by atoms with Crippen LogP contribution >= 0.6 is 0 Å². The first-order valence-corrected chi connectivity index (χ1v) is 20.9. The number of hydrogen-bond acceptors (Lipinski definition) is 10. The van der Waals surface area contributed by atoms with Crippen LogP contribution in [-0.4, -0.2) is 127 Å². The summed E-state index contributed by atoms with van der Waals surface area (Å²) in [6.07, 6.45) is 9.67. The molecule has 2 fully saturated rings. The van der Waals surface area contributed by atoms with E-state index in [0.29, 0.717) is 37.5 Å².